The van der Waals surface area contributed by atoms with Crippen molar-refractivity contribution in [2.24, 2.45) is 0 Å². The minimum atomic E-state index is -0.643. The summed E-state index contributed by atoms with van der Waals surface area (Å²) in [5.41, 5.74) is 1.84. The van der Waals surface area contributed by atoms with E-state index in [4.69, 9.17) is 4.42 Å². The predicted molar refractivity (Wildman–Crippen MR) is 86.7 cm³/mol. The van der Waals surface area contributed by atoms with E-state index in [2.05, 4.69) is 31.9 Å². The quantitative estimate of drug-likeness (QED) is 0.658. The third-order valence-corrected chi connectivity index (χ3v) is 4.34. The summed E-state index contributed by atoms with van der Waals surface area (Å²) in [5, 5.41) is 11.3. The van der Waals surface area contributed by atoms with Crippen LogP contribution in [0.1, 0.15) is 17.4 Å². The molecule has 2 aromatic carbocycles. The number of hydrogen-bond donors (Lipinski definition) is 1. The Hall–Kier alpha value is -1.10. The zero-order chi connectivity index (χ0) is 14.1. The molecule has 0 saturated heterocycles. The number of halogens is 2. The van der Waals surface area contributed by atoms with E-state index in [0.29, 0.717) is 12.2 Å². The van der Waals surface area contributed by atoms with Gasteiger partial charge in [-0.15, -0.1) is 0 Å². The second kappa shape index (κ2) is 5.72. The Kier molecular flexibility index (Phi) is 3.96. The van der Waals surface area contributed by atoms with Crippen molar-refractivity contribution in [2.45, 2.75) is 12.5 Å². The molecule has 0 aliphatic rings. The molecule has 3 rings (SSSR count). The van der Waals surface area contributed by atoms with Crippen molar-refractivity contribution in [1.29, 1.82) is 0 Å². The van der Waals surface area contributed by atoms with E-state index >= 15 is 0 Å². The van der Waals surface area contributed by atoms with Crippen molar-refractivity contribution < 1.29 is 9.52 Å². The van der Waals surface area contributed by atoms with E-state index in [0.717, 1.165) is 25.5 Å². The van der Waals surface area contributed by atoms with Gasteiger partial charge >= 0.3 is 0 Å². The summed E-state index contributed by atoms with van der Waals surface area (Å²) in [6, 6.07) is 15.7. The second-order valence-electron chi connectivity index (χ2n) is 4.65. The highest BCUT2D eigenvalue weighted by Crippen LogP contribution is 2.30. The molecule has 0 saturated carbocycles. The summed E-state index contributed by atoms with van der Waals surface area (Å²) in [7, 11) is 0. The Labute approximate surface area is 133 Å². The van der Waals surface area contributed by atoms with Gasteiger partial charge in [-0.3, -0.25) is 0 Å². The van der Waals surface area contributed by atoms with Crippen LogP contribution in [0, 0.1) is 0 Å². The lowest BCUT2D eigenvalue weighted by atomic mass is 10.1. The maximum Gasteiger partial charge on any atom is 0.148 e. The molecule has 0 spiro atoms. The van der Waals surface area contributed by atoms with E-state index in [1.54, 1.807) is 0 Å². The van der Waals surface area contributed by atoms with Crippen molar-refractivity contribution in [1.82, 2.24) is 0 Å². The third kappa shape index (κ3) is 2.82. The first-order valence-corrected chi connectivity index (χ1v) is 7.82. The van der Waals surface area contributed by atoms with Crippen molar-refractivity contribution in [2.75, 3.05) is 0 Å². The lowest BCUT2D eigenvalue weighted by Gasteiger charge is -2.07. The van der Waals surface area contributed by atoms with Gasteiger partial charge in [0.25, 0.3) is 0 Å². The van der Waals surface area contributed by atoms with Crippen LogP contribution in [0.4, 0.5) is 0 Å². The molecule has 1 aromatic heterocycles. The number of benzene rings is 2. The summed E-state index contributed by atoms with van der Waals surface area (Å²) in [6.07, 6.45) is -0.111. The van der Waals surface area contributed by atoms with Gasteiger partial charge in [0.1, 0.15) is 17.4 Å². The molecule has 1 heterocycles. The fourth-order valence-corrected chi connectivity index (χ4v) is 2.88. The standard InChI is InChI=1S/C16H12Br2O2/c17-12-6-4-10(5-7-12)8-14(19)15-9-11-2-1-3-13(18)16(11)20-15/h1-7,9,14,19H,8H2. The predicted octanol–water partition coefficient (Wildman–Crippen LogP) is 5.23. The highest BCUT2D eigenvalue weighted by atomic mass is 79.9. The van der Waals surface area contributed by atoms with E-state index in [-0.39, 0.29) is 0 Å². The van der Waals surface area contributed by atoms with Crippen LogP contribution in [0.3, 0.4) is 0 Å². The number of aliphatic hydroxyl groups is 1. The van der Waals surface area contributed by atoms with Gasteiger partial charge < -0.3 is 9.52 Å². The summed E-state index contributed by atoms with van der Waals surface area (Å²) in [5.74, 6) is 0.592. The summed E-state index contributed by atoms with van der Waals surface area (Å²) in [4.78, 5) is 0. The molecule has 0 amide bonds. The van der Waals surface area contributed by atoms with Crippen molar-refractivity contribution in [3.05, 3.63) is 68.8 Å². The van der Waals surface area contributed by atoms with Gasteiger partial charge in [-0.25, -0.2) is 0 Å². The maximum atomic E-state index is 10.3. The molecule has 0 aliphatic carbocycles. The first-order chi connectivity index (χ1) is 9.63. The topological polar surface area (TPSA) is 33.4 Å². The highest BCUT2D eigenvalue weighted by molar-refractivity contribution is 9.11. The first kappa shape index (κ1) is 13.9. The highest BCUT2D eigenvalue weighted by Gasteiger charge is 2.15. The lowest BCUT2D eigenvalue weighted by Crippen LogP contribution is -2.00. The number of para-hydroxylation sites is 1. The van der Waals surface area contributed by atoms with E-state index in [1.807, 2.05) is 48.5 Å². The molecular weight excluding hydrogens is 384 g/mol. The van der Waals surface area contributed by atoms with Crippen LogP contribution < -0.4 is 0 Å². The van der Waals surface area contributed by atoms with Crippen LogP contribution in [0.2, 0.25) is 0 Å². The monoisotopic (exact) mass is 394 g/mol. The molecule has 0 radical (unpaired) electrons. The fourth-order valence-electron chi connectivity index (χ4n) is 2.16. The Morgan fingerprint density at radius 2 is 1.80 bits per heavy atom. The third-order valence-electron chi connectivity index (χ3n) is 3.19. The molecule has 1 atom stereocenters. The average molecular weight is 396 g/mol. The van der Waals surface area contributed by atoms with E-state index in [9.17, 15) is 5.11 Å². The molecular formula is C16H12Br2O2. The van der Waals surface area contributed by atoms with Gasteiger partial charge in [0, 0.05) is 16.3 Å². The first-order valence-electron chi connectivity index (χ1n) is 6.24. The van der Waals surface area contributed by atoms with Crippen LogP contribution in [0.25, 0.3) is 11.0 Å². The number of rotatable bonds is 3. The minimum Gasteiger partial charge on any atom is -0.457 e. The Morgan fingerprint density at radius 1 is 1.05 bits per heavy atom. The summed E-state index contributed by atoms with van der Waals surface area (Å²) < 4.78 is 7.68. The normalized spacial score (nSPS) is 12.8. The van der Waals surface area contributed by atoms with Crippen LogP contribution in [-0.2, 0) is 6.42 Å². The van der Waals surface area contributed by atoms with Crippen molar-refractivity contribution in [3.63, 3.8) is 0 Å². The Morgan fingerprint density at radius 3 is 2.50 bits per heavy atom. The number of aliphatic hydroxyl groups excluding tert-OH is 1. The van der Waals surface area contributed by atoms with E-state index in [1.165, 1.54) is 0 Å². The van der Waals surface area contributed by atoms with Crippen LogP contribution in [0.15, 0.2) is 61.9 Å². The number of hydrogen-bond acceptors (Lipinski definition) is 2. The molecule has 102 valence electrons. The van der Waals surface area contributed by atoms with Crippen LogP contribution in [-0.4, -0.2) is 5.11 Å². The molecule has 0 aliphatic heterocycles. The molecule has 20 heavy (non-hydrogen) atoms. The minimum absolute atomic E-state index is 0.532. The van der Waals surface area contributed by atoms with Gasteiger partial charge in [0.05, 0.1) is 4.47 Å². The number of fused-ring (bicyclic) bond motifs is 1. The van der Waals surface area contributed by atoms with Crippen molar-refractivity contribution >= 4 is 42.8 Å². The van der Waals surface area contributed by atoms with Gasteiger partial charge in [-0.05, 0) is 45.8 Å². The largest absolute Gasteiger partial charge is 0.457 e. The van der Waals surface area contributed by atoms with Crippen LogP contribution in [0.5, 0.6) is 0 Å². The lowest BCUT2D eigenvalue weighted by molar-refractivity contribution is 0.152. The molecule has 0 bridgehead atoms. The van der Waals surface area contributed by atoms with Gasteiger partial charge in [0.2, 0.25) is 0 Å². The zero-order valence-corrected chi connectivity index (χ0v) is 13.7. The fraction of sp³-hybridized carbons (Fsp3) is 0.125. The Bertz CT molecular complexity index is 732. The van der Waals surface area contributed by atoms with Crippen molar-refractivity contribution in [3.8, 4) is 0 Å². The molecule has 4 heteroatoms. The molecule has 0 fully saturated rings. The van der Waals surface area contributed by atoms with E-state index < -0.39 is 6.10 Å². The molecule has 1 N–H and O–H groups in total. The summed E-state index contributed by atoms with van der Waals surface area (Å²) in [6.45, 7) is 0. The number of furan rings is 1. The smallest absolute Gasteiger partial charge is 0.148 e. The molecule has 1 unspecified atom stereocenters. The second-order valence-corrected chi connectivity index (χ2v) is 6.42. The molecule has 3 aromatic rings. The maximum absolute atomic E-state index is 10.3. The Balaban J connectivity index is 1.86. The van der Waals surface area contributed by atoms with Gasteiger partial charge in [0.15, 0.2) is 0 Å². The van der Waals surface area contributed by atoms with Gasteiger partial charge in [-0.1, -0.05) is 40.2 Å². The summed E-state index contributed by atoms with van der Waals surface area (Å²) >= 11 is 6.86. The zero-order valence-electron chi connectivity index (χ0n) is 10.5. The molecule has 2 nitrogen and oxygen atoms in total. The van der Waals surface area contributed by atoms with Gasteiger partial charge in [-0.2, -0.15) is 0 Å². The SMILES string of the molecule is OC(Cc1ccc(Br)cc1)c1cc2cccc(Br)c2o1. The average Bonchev–Trinajstić information content (AvgIpc) is 2.87. The van der Waals surface area contributed by atoms with Crippen LogP contribution >= 0.6 is 31.9 Å².